The number of alkyl halides is 3. The Hall–Kier alpha value is -1.32. The van der Waals surface area contributed by atoms with Crippen molar-refractivity contribution in [1.29, 1.82) is 0 Å². The van der Waals surface area contributed by atoms with E-state index in [9.17, 15) is 18.0 Å². The number of rotatable bonds is 2. The summed E-state index contributed by atoms with van der Waals surface area (Å²) in [5.41, 5.74) is -0.527. The maximum Gasteiger partial charge on any atom is 0.417 e. The van der Waals surface area contributed by atoms with Crippen LogP contribution in [0.2, 0.25) is 0 Å². The molecule has 0 radical (unpaired) electrons. The first kappa shape index (κ1) is 11.8. The van der Waals surface area contributed by atoms with Crippen LogP contribution < -0.4 is 0 Å². The molecule has 1 aromatic rings. The molecule has 1 rings (SSSR count). The SMILES string of the molecule is CCc1ccc(C(C)=O)c(C(F)(F)F)c1. The van der Waals surface area contributed by atoms with Gasteiger partial charge in [-0.25, -0.2) is 0 Å². The Balaban J connectivity index is 3.36. The van der Waals surface area contributed by atoms with Crippen molar-refractivity contribution in [1.82, 2.24) is 0 Å². The maximum atomic E-state index is 12.6. The van der Waals surface area contributed by atoms with Crippen molar-refractivity contribution in [2.24, 2.45) is 0 Å². The standard InChI is InChI=1S/C11H11F3O/c1-3-8-4-5-9(7(2)15)10(6-8)11(12,13)14/h4-6H,3H2,1-2H3. The quantitative estimate of drug-likeness (QED) is 0.692. The van der Waals surface area contributed by atoms with Crippen molar-refractivity contribution >= 4 is 5.78 Å². The summed E-state index contributed by atoms with van der Waals surface area (Å²) in [7, 11) is 0. The highest BCUT2D eigenvalue weighted by Crippen LogP contribution is 2.33. The van der Waals surface area contributed by atoms with E-state index in [2.05, 4.69) is 0 Å². The molecule has 0 unspecified atom stereocenters. The van der Waals surface area contributed by atoms with Crippen LogP contribution >= 0.6 is 0 Å². The second kappa shape index (κ2) is 4.04. The topological polar surface area (TPSA) is 17.1 Å². The summed E-state index contributed by atoms with van der Waals surface area (Å²) >= 11 is 0. The summed E-state index contributed by atoms with van der Waals surface area (Å²) < 4.78 is 37.7. The lowest BCUT2D eigenvalue weighted by molar-refractivity contribution is -0.137. The number of aryl methyl sites for hydroxylation is 1. The Morgan fingerprint density at radius 2 is 1.93 bits per heavy atom. The molecule has 1 aromatic carbocycles. The van der Waals surface area contributed by atoms with Crippen molar-refractivity contribution in [2.45, 2.75) is 26.4 Å². The highest BCUT2D eigenvalue weighted by molar-refractivity contribution is 5.95. The molecular weight excluding hydrogens is 205 g/mol. The van der Waals surface area contributed by atoms with Gasteiger partial charge in [0.1, 0.15) is 0 Å². The van der Waals surface area contributed by atoms with Crippen LogP contribution in [0.3, 0.4) is 0 Å². The zero-order valence-electron chi connectivity index (χ0n) is 8.48. The first-order chi connectivity index (χ1) is 6.86. The Morgan fingerprint density at radius 3 is 2.33 bits per heavy atom. The molecule has 0 atom stereocenters. The van der Waals surface area contributed by atoms with Crippen molar-refractivity contribution < 1.29 is 18.0 Å². The minimum absolute atomic E-state index is 0.264. The lowest BCUT2D eigenvalue weighted by Crippen LogP contribution is -2.12. The summed E-state index contributed by atoms with van der Waals surface area (Å²) in [5.74, 6) is -0.565. The molecule has 0 aliphatic rings. The van der Waals surface area contributed by atoms with Gasteiger partial charge in [0.25, 0.3) is 0 Å². The van der Waals surface area contributed by atoms with Crippen LogP contribution in [0.4, 0.5) is 13.2 Å². The normalized spacial score (nSPS) is 11.5. The average Bonchev–Trinajstić information content (AvgIpc) is 2.15. The number of hydrogen-bond acceptors (Lipinski definition) is 1. The predicted molar refractivity (Wildman–Crippen MR) is 50.8 cm³/mol. The van der Waals surface area contributed by atoms with E-state index in [4.69, 9.17) is 0 Å². The zero-order valence-corrected chi connectivity index (χ0v) is 8.48. The third-order valence-electron chi connectivity index (χ3n) is 2.18. The van der Waals surface area contributed by atoms with E-state index < -0.39 is 17.5 Å². The van der Waals surface area contributed by atoms with E-state index in [-0.39, 0.29) is 5.56 Å². The van der Waals surface area contributed by atoms with Crippen molar-refractivity contribution in [2.75, 3.05) is 0 Å². The highest BCUT2D eigenvalue weighted by atomic mass is 19.4. The van der Waals surface area contributed by atoms with Crippen LogP contribution in [0.15, 0.2) is 18.2 Å². The Bertz CT molecular complexity index is 380. The van der Waals surface area contributed by atoms with Crippen LogP contribution in [0, 0.1) is 0 Å². The Kier molecular flexibility index (Phi) is 3.17. The van der Waals surface area contributed by atoms with Crippen molar-refractivity contribution in [3.8, 4) is 0 Å². The van der Waals surface area contributed by atoms with Gasteiger partial charge in [-0.05, 0) is 25.0 Å². The van der Waals surface area contributed by atoms with E-state index in [1.165, 1.54) is 6.07 Å². The molecule has 0 saturated heterocycles. The number of ketones is 1. The van der Waals surface area contributed by atoms with Gasteiger partial charge < -0.3 is 0 Å². The van der Waals surface area contributed by atoms with Gasteiger partial charge in [-0.1, -0.05) is 19.1 Å². The van der Waals surface area contributed by atoms with Gasteiger partial charge in [-0.2, -0.15) is 13.2 Å². The van der Waals surface area contributed by atoms with Gasteiger partial charge in [0.05, 0.1) is 5.56 Å². The minimum atomic E-state index is -4.47. The van der Waals surface area contributed by atoms with Crippen LogP contribution in [-0.4, -0.2) is 5.78 Å². The third-order valence-corrected chi connectivity index (χ3v) is 2.18. The fourth-order valence-electron chi connectivity index (χ4n) is 1.35. The van der Waals surface area contributed by atoms with Gasteiger partial charge in [0, 0.05) is 5.56 Å². The fraction of sp³-hybridized carbons (Fsp3) is 0.364. The van der Waals surface area contributed by atoms with Crippen molar-refractivity contribution in [3.63, 3.8) is 0 Å². The molecule has 82 valence electrons. The maximum absolute atomic E-state index is 12.6. The summed E-state index contributed by atoms with van der Waals surface area (Å²) in [4.78, 5) is 11.0. The molecule has 0 spiro atoms. The Labute approximate surface area is 85.9 Å². The molecule has 4 heteroatoms. The first-order valence-corrected chi connectivity index (χ1v) is 4.57. The van der Waals surface area contributed by atoms with Crippen LogP contribution in [0.1, 0.15) is 35.3 Å². The second-order valence-corrected chi connectivity index (χ2v) is 3.29. The number of Topliss-reactive ketones (excluding diaryl/α,β-unsaturated/α-hetero) is 1. The van der Waals surface area contributed by atoms with E-state index in [1.54, 1.807) is 13.0 Å². The van der Waals surface area contributed by atoms with E-state index in [0.717, 1.165) is 13.0 Å². The fourth-order valence-corrected chi connectivity index (χ4v) is 1.35. The van der Waals surface area contributed by atoms with Gasteiger partial charge >= 0.3 is 6.18 Å². The zero-order chi connectivity index (χ0) is 11.6. The molecule has 0 bridgehead atoms. The van der Waals surface area contributed by atoms with Crippen LogP contribution in [0.25, 0.3) is 0 Å². The lowest BCUT2D eigenvalue weighted by atomic mass is 10.00. The average molecular weight is 216 g/mol. The van der Waals surface area contributed by atoms with E-state index in [0.29, 0.717) is 12.0 Å². The largest absolute Gasteiger partial charge is 0.417 e. The molecule has 0 fully saturated rings. The Morgan fingerprint density at radius 1 is 1.33 bits per heavy atom. The molecule has 0 aromatic heterocycles. The predicted octanol–water partition coefficient (Wildman–Crippen LogP) is 3.47. The van der Waals surface area contributed by atoms with Crippen LogP contribution in [-0.2, 0) is 12.6 Å². The van der Waals surface area contributed by atoms with E-state index in [1.807, 2.05) is 0 Å². The number of hydrogen-bond donors (Lipinski definition) is 0. The molecule has 0 heterocycles. The van der Waals surface area contributed by atoms with Gasteiger partial charge in [0.15, 0.2) is 5.78 Å². The van der Waals surface area contributed by atoms with Crippen LogP contribution in [0.5, 0.6) is 0 Å². The molecule has 0 N–H and O–H groups in total. The van der Waals surface area contributed by atoms with E-state index >= 15 is 0 Å². The molecule has 1 nitrogen and oxygen atoms in total. The summed E-state index contributed by atoms with van der Waals surface area (Å²) in [6.45, 7) is 2.90. The minimum Gasteiger partial charge on any atom is -0.294 e. The molecule has 0 saturated carbocycles. The molecule has 0 amide bonds. The number of benzene rings is 1. The smallest absolute Gasteiger partial charge is 0.294 e. The highest BCUT2D eigenvalue weighted by Gasteiger charge is 2.34. The van der Waals surface area contributed by atoms with Crippen molar-refractivity contribution in [3.05, 3.63) is 34.9 Å². The van der Waals surface area contributed by atoms with Gasteiger partial charge in [-0.15, -0.1) is 0 Å². The monoisotopic (exact) mass is 216 g/mol. The number of halogens is 3. The number of carbonyl (C=O) groups excluding carboxylic acids is 1. The summed E-state index contributed by atoms with van der Waals surface area (Å²) in [5, 5.41) is 0. The van der Waals surface area contributed by atoms with Gasteiger partial charge in [-0.3, -0.25) is 4.79 Å². The summed E-state index contributed by atoms with van der Waals surface area (Å²) in [6, 6.07) is 3.83. The lowest BCUT2D eigenvalue weighted by Gasteiger charge is -2.12. The van der Waals surface area contributed by atoms with Gasteiger partial charge in [0.2, 0.25) is 0 Å². The first-order valence-electron chi connectivity index (χ1n) is 4.57. The summed E-state index contributed by atoms with van der Waals surface area (Å²) in [6.07, 6.45) is -3.95. The molecule has 0 aliphatic heterocycles. The second-order valence-electron chi connectivity index (χ2n) is 3.29. The molecular formula is C11H11F3O. The number of carbonyl (C=O) groups is 1. The molecule has 0 aliphatic carbocycles. The third kappa shape index (κ3) is 2.58. The molecule has 15 heavy (non-hydrogen) atoms.